The van der Waals surface area contributed by atoms with E-state index in [4.69, 9.17) is 17.3 Å². The monoisotopic (exact) mass is 325 g/mol. The van der Waals surface area contributed by atoms with Crippen LogP contribution in [-0.2, 0) is 6.42 Å². The van der Waals surface area contributed by atoms with Crippen molar-refractivity contribution in [1.29, 1.82) is 0 Å². The van der Waals surface area contributed by atoms with E-state index in [2.05, 4.69) is 10.3 Å². The van der Waals surface area contributed by atoms with Gasteiger partial charge in [-0.1, -0.05) is 41.9 Å². The molecule has 0 radical (unpaired) electrons. The average Bonchev–Trinajstić information content (AvgIpc) is 2.56. The molecule has 0 aliphatic heterocycles. The summed E-state index contributed by atoms with van der Waals surface area (Å²) in [6, 6.07) is 16.9. The van der Waals surface area contributed by atoms with Gasteiger partial charge >= 0.3 is 0 Å². The van der Waals surface area contributed by atoms with Crippen LogP contribution < -0.4 is 11.1 Å². The number of carbonyl (C=O) groups excluding carboxylic acids is 1. The molecule has 0 saturated heterocycles. The van der Waals surface area contributed by atoms with Gasteiger partial charge in [-0.3, -0.25) is 4.79 Å². The smallest absolute Gasteiger partial charge is 0.255 e. The zero-order valence-corrected chi connectivity index (χ0v) is 13.2. The molecule has 3 N–H and O–H groups in total. The van der Waals surface area contributed by atoms with E-state index >= 15 is 0 Å². The van der Waals surface area contributed by atoms with Crippen LogP contribution in [0.2, 0.25) is 5.02 Å². The maximum atomic E-state index is 12.3. The standard InChI is InChI=1S/C18H16ClN3O/c19-14-7-5-12(6-8-14)9-10-21-18(23)15-11-13-3-1-2-4-16(13)22-17(15)20/h1-8,11H,9-10H2,(H2,20,22)(H,21,23). The number of pyridine rings is 1. The third-order valence-corrected chi connectivity index (χ3v) is 3.86. The summed E-state index contributed by atoms with van der Waals surface area (Å²) in [5.74, 6) is 0.0300. The number of benzene rings is 2. The van der Waals surface area contributed by atoms with E-state index in [1.165, 1.54) is 0 Å². The minimum atomic E-state index is -0.213. The van der Waals surface area contributed by atoms with Crippen molar-refractivity contribution in [2.45, 2.75) is 6.42 Å². The maximum Gasteiger partial charge on any atom is 0.255 e. The summed E-state index contributed by atoms with van der Waals surface area (Å²) in [6.45, 7) is 0.521. The molecule has 0 saturated carbocycles. The lowest BCUT2D eigenvalue weighted by Gasteiger charge is -2.08. The van der Waals surface area contributed by atoms with Gasteiger partial charge in [0, 0.05) is 17.0 Å². The predicted molar refractivity (Wildman–Crippen MR) is 93.6 cm³/mol. The van der Waals surface area contributed by atoms with Crippen LogP contribution in [0.25, 0.3) is 10.9 Å². The molecule has 0 aliphatic rings. The van der Waals surface area contributed by atoms with Gasteiger partial charge < -0.3 is 11.1 Å². The SMILES string of the molecule is Nc1nc2ccccc2cc1C(=O)NCCc1ccc(Cl)cc1. The van der Waals surface area contributed by atoms with E-state index < -0.39 is 0 Å². The second-order valence-corrected chi connectivity index (χ2v) is 5.68. The molecule has 2 aromatic carbocycles. The first kappa shape index (κ1) is 15.3. The van der Waals surface area contributed by atoms with E-state index in [0.717, 1.165) is 22.9 Å². The summed E-state index contributed by atoms with van der Waals surface area (Å²) in [6.07, 6.45) is 0.726. The minimum absolute atomic E-state index is 0.213. The second kappa shape index (κ2) is 6.67. The fourth-order valence-corrected chi connectivity index (χ4v) is 2.51. The van der Waals surface area contributed by atoms with Gasteiger partial charge in [-0.15, -0.1) is 0 Å². The first-order chi connectivity index (χ1) is 11.1. The molecule has 23 heavy (non-hydrogen) atoms. The van der Waals surface area contributed by atoms with Crippen molar-refractivity contribution in [1.82, 2.24) is 10.3 Å². The van der Waals surface area contributed by atoms with Gasteiger partial charge in [0.25, 0.3) is 5.91 Å². The number of nitrogens with two attached hydrogens (primary N) is 1. The van der Waals surface area contributed by atoms with Gasteiger partial charge in [0.2, 0.25) is 0 Å². The second-order valence-electron chi connectivity index (χ2n) is 5.25. The first-order valence-corrected chi connectivity index (χ1v) is 7.69. The zero-order valence-electron chi connectivity index (χ0n) is 12.4. The van der Waals surface area contributed by atoms with Crippen molar-refractivity contribution in [3.8, 4) is 0 Å². The van der Waals surface area contributed by atoms with Gasteiger partial charge in [-0.25, -0.2) is 4.98 Å². The van der Waals surface area contributed by atoms with Crippen molar-refractivity contribution in [2.75, 3.05) is 12.3 Å². The Bertz CT molecular complexity index is 847. The van der Waals surface area contributed by atoms with E-state index in [0.29, 0.717) is 17.1 Å². The number of para-hydroxylation sites is 1. The topological polar surface area (TPSA) is 68.0 Å². The molecule has 4 nitrogen and oxygen atoms in total. The molecule has 1 heterocycles. The lowest BCUT2D eigenvalue weighted by Crippen LogP contribution is -2.26. The van der Waals surface area contributed by atoms with E-state index in [1.807, 2.05) is 48.5 Å². The number of nitrogens with zero attached hydrogens (tertiary/aromatic N) is 1. The largest absolute Gasteiger partial charge is 0.383 e. The Balaban J connectivity index is 1.68. The summed E-state index contributed by atoms with van der Waals surface area (Å²) >= 11 is 5.85. The third-order valence-electron chi connectivity index (χ3n) is 3.61. The highest BCUT2D eigenvalue weighted by atomic mass is 35.5. The fourth-order valence-electron chi connectivity index (χ4n) is 2.38. The van der Waals surface area contributed by atoms with Crippen molar-refractivity contribution < 1.29 is 4.79 Å². The summed E-state index contributed by atoms with van der Waals surface area (Å²) in [7, 11) is 0. The Kier molecular flexibility index (Phi) is 4.44. The number of fused-ring (bicyclic) bond motifs is 1. The molecule has 3 aromatic rings. The number of rotatable bonds is 4. The lowest BCUT2D eigenvalue weighted by molar-refractivity contribution is 0.0955. The molecule has 0 atom stereocenters. The Morgan fingerprint density at radius 1 is 1.13 bits per heavy atom. The molecule has 0 unspecified atom stereocenters. The zero-order chi connectivity index (χ0) is 16.2. The third kappa shape index (κ3) is 3.60. The Morgan fingerprint density at radius 2 is 1.87 bits per heavy atom. The quantitative estimate of drug-likeness (QED) is 0.772. The molecule has 116 valence electrons. The fraction of sp³-hybridized carbons (Fsp3) is 0.111. The number of carbonyl (C=O) groups is 1. The van der Waals surface area contributed by atoms with Crippen LogP contribution >= 0.6 is 11.6 Å². The van der Waals surface area contributed by atoms with Crippen LogP contribution in [0.1, 0.15) is 15.9 Å². The normalized spacial score (nSPS) is 10.7. The van der Waals surface area contributed by atoms with Crippen molar-refractivity contribution in [2.24, 2.45) is 0 Å². The number of anilines is 1. The summed E-state index contributed by atoms with van der Waals surface area (Å²) in [4.78, 5) is 16.6. The number of hydrogen-bond donors (Lipinski definition) is 2. The highest BCUT2D eigenvalue weighted by Gasteiger charge is 2.11. The van der Waals surface area contributed by atoms with E-state index in [-0.39, 0.29) is 11.7 Å². The van der Waals surface area contributed by atoms with Gasteiger partial charge in [-0.05, 0) is 36.2 Å². The van der Waals surface area contributed by atoms with Gasteiger partial charge in [0.1, 0.15) is 5.82 Å². The highest BCUT2D eigenvalue weighted by molar-refractivity contribution is 6.30. The maximum absolute atomic E-state index is 12.3. The average molecular weight is 326 g/mol. The minimum Gasteiger partial charge on any atom is -0.383 e. The Labute approximate surface area is 139 Å². The molecule has 0 fully saturated rings. The summed E-state index contributed by atoms with van der Waals surface area (Å²) < 4.78 is 0. The van der Waals surface area contributed by atoms with Crippen molar-refractivity contribution in [3.63, 3.8) is 0 Å². The number of nitrogen functional groups attached to an aromatic ring is 1. The predicted octanol–water partition coefficient (Wildman–Crippen LogP) is 3.44. The van der Waals surface area contributed by atoms with Crippen LogP contribution in [-0.4, -0.2) is 17.4 Å². The first-order valence-electron chi connectivity index (χ1n) is 7.31. The number of halogens is 1. The van der Waals surface area contributed by atoms with Gasteiger partial charge in [0.15, 0.2) is 0 Å². The van der Waals surface area contributed by atoms with Crippen LogP contribution in [0.3, 0.4) is 0 Å². The number of hydrogen-bond acceptors (Lipinski definition) is 3. The molecule has 3 rings (SSSR count). The van der Waals surface area contributed by atoms with Crippen molar-refractivity contribution in [3.05, 3.63) is 70.7 Å². The lowest BCUT2D eigenvalue weighted by atomic mass is 10.1. The molecule has 1 aromatic heterocycles. The van der Waals surface area contributed by atoms with Crippen molar-refractivity contribution >= 4 is 34.2 Å². The Hall–Kier alpha value is -2.59. The van der Waals surface area contributed by atoms with Gasteiger partial charge in [-0.2, -0.15) is 0 Å². The van der Waals surface area contributed by atoms with Gasteiger partial charge in [0.05, 0.1) is 11.1 Å². The van der Waals surface area contributed by atoms with Crippen LogP contribution in [0.4, 0.5) is 5.82 Å². The molecule has 1 amide bonds. The summed E-state index contributed by atoms with van der Waals surface area (Å²) in [5.41, 5.74) is 8.19. The molecule has 0 spiro atoms. The molecule has 5 heteroatoms. The molecular weight excluding hydrogens is 310 g/mol. The van der Waals surface area contributed by atoms with Crippen LogP contribution in [0, 0.1) is 0 Å². The van der Waals surface area contributed by atoms with E-state index in [9.17, 15) is 4.79 Å². The number of nitrogens with one attached hydrogen (secondary N) is 1. The summed E-state index contributed by atoms with van der Waals surface area (Å²) in [5, 5.41) is 4.47. The highest BCUT2D eigenvalue weighted by Crippen LogP contribution is 2.18. The number of amides is 1. The Morgan fingerprint density at radius 3 is 2.65 bits per heavy atom. The van der Waals surface area contributed by atoms with Crippen LogP contribution in [0.5, 0.6) is 0 Å². The van der Waals surface area contributed by atoms with E-state index in [1.54, 1.807) is 6.07 Å². The molecule has 0 bridgehead atoms. The molecule has 0 aliphatic carbocycles. The number of aromatic nitrogens is 1. The van der Waals surface area contributed by atoms with Crippen LogP contribution in [0.15, 0.2) is 54.6 Å². The molecular formula is C18H16ClN3O.